The van der Waals surface area contributed by atoms with Crippen LogP contribution < -0.4 is 5.32 Å². The summed E-state index contributed by atoms with van der Waals surface area (Å²) in [5, 5.41) is 57.4. The van der Waals surface area contributed by atoms with Gasteiger partial charge in [-0.15, -0.1) is 0 Å². The zero-order valence-corrected chi connectivity index (χ0v) is 12.3. The molecule has 1 amide bonds. The maximum Gasteiger partial charge on any atom is 0.411 e. The van der Waals surface area contributed by atoms with Gasteiger partial charge in [0.1, 0.15) is 30.1 Å². The van der Waals surface area contributed by atoms with Gasteiger partial charge in [-0.05, 0) is 6.92 Å². The zero-order valence-electron chi connectivity index (χ0n) is 12.3. The number of ether oxygens (including phenoxy) is 2. The third kappa shape index (κ3) is 6.90. The average molecular weight is 339 g/mol. The molecule has 23 heavy (non-hydrogen) atoms. The van der Waals surface area contributed by atoms with E-state index in [1.54, 1.807) is 0 Å². The van der Waals surface area contributed by atoms with E-state index in [2.05, 4.69) is 16.1 Å². The number of amides is 1. The molecule has 0 bridgehead atoms. The number of rotatable bonds is 9. The van der Waals surface area contributed by atoms with Gasteiger partial charge >= 0.3 is 12.1 Å². The van der Waals surface area contributed by atoms with Crippen LogP contribution in [0, 0.1) is 0 Å². The lowest BCUT2D eigenvalue weighted by Gasteiger charge is -2.28. The highest BCUT2D eigenvalue weighted by Crippen LogP contribution is 2.10. The summed E-state index contributed by atoms with van der Waals surface area (Å²) in [5.41, 5.74) is -0.611. The third-order valence-corrected chi connectivity index (χ3v) is 2.58. The van der Waals surface area contributed by atoms with Crippen molar-refractivity contribution in [2.24, 2.45) is 0 Å². The summed E-state index contributed by atoms with van der Waals surface area (Å²) in [6.07, 6.45) is -11.4. The first-order valence-electron chi connectivity index (χ1n) is 6.50. The summed E-state index contributed by atoms with van der Waals surface area (Å²) in [7, 11) is 0. The molecular weight excluding hydrogens is 318 g/mol. The van der Waals surface area contributed by atoms with Gasteiger partial charge in [0, 0.05) is 0 Å². The molecule has 0 saturated carbocycles. The number of carbonyl (C=O) groups excluding carboxylic acids is 2. The summed E-state index contributed by atoms with van der Waals surface area (Å²) < 4.78 is 8.79. The molecule has 0 rings (SSSR count). The number of esters is 1. The molecule has 0 fully saturated rings. The highest BCUT2D eigenvalue weighted by atomic mass is 16.6. The van der Waals surface area contributed by atoms with Gasteiger partial charge in [-0.1, -0.05) is 6.58 Å². The Morgan fingerprint density at radius 2 is 1.65 bits per heavy atom. The molecule has 0 aliphatic heterocycles. The van der Waals surface area contributed by atoms with Crippen molar-refractivity contribution in [1.82, 2.24) is 5.32 Å². The Hall–Kier alpha value is -1.76. The van der Waals surface area contributed by atoms with E-state index < -0.39 is 55.1 Å². The van der Waals surface area contributed by atoms with Crippen LogP contribution in [-0.4, -0.2) is 86.6 Å². The molecule has 5 atom stereocenters. The number of aliphatic hydroxyl groups excluding tert-OH is 6. The fourth-order valence-corrected chi connectivity index (χ4v) is 1.30. The van der Waals surface area contributed by atoms with Crippen LogP contribution in [0.25, 0.3) is 0 Å². The molecule has 0 spiro atoms. The number of hydrogen-bond donors (Lipinski definition) is 7. The van der Waals surface area contributed by atoms with Gasteiger partial charge < -0.3 is 40.1 Å². The Balaban J connectivity index is 4.55. The second-order valence-electron chi connectivity index (χ2n) is 4.34. The van der Waals surface area contributed by atoms with Gasteiger partial charge in [-0.25, -0.2) is 9.59 Å². The SMILES string of the molecule is C=C(NC(=O)OCC)C(=O)OC(O)[C@H](O)[C@@H](O)[C@H](O)[C@H](O)CO. The molecule has 0 aliphatic carbocycles. The Morgan fingerprint density at radius 3 is 2.13 bits per heavy atom. The van der Waals surface area contributed by atoms with Gasteiger partial charge in [0.25, 0.3) is 0 Å². The first-order valence-corrected chi connectivity index (χ1v) is 6.50. The Labute approximate surface area is 131 Å². The van der Waals surface area contributed by atoms with Crippen molar-refractivity contribution in [3.63, 3.8) is 0 Å². The molecular formula is C12H21NO10. The minimum absolute atomic E-state index is 0.0345. The molecule has 0 heterocycles. The van der Waals surface area contributed by atoms with Crippen molar-refractivity contribution >= 4 is 12.1 Å². The van der Waals surface area contributed by atoms with Crippen LogP contribution in [-0.2, 0) is 14.3 Å². The van der Waals surface area contributed by atoms with Gasteiger partial charge in [0.15, 0.2) is 0 Å². The van der Waals surface area contributed by atoms with Crippen LogP contribution in [0.5, 0.6) is 0 Å². The Kier molecular flexibility index (Phi) is 9.32. The molecule has 11 nitrogen and oxygen atoms in total. The van der Waals surface area contributed by atoms with Gasteiger partial charge in [0.2, 0.25) is 6.29 Å². The molecule has 0 aromatic carbocycles. The van der Waals surface area contributed by atoms with E-state index in [4.69, 9.17) is 10.2 Å². The largest absolute Gasteiger partial charge is 0.450 e. The zero-order chi connectivity index (χ0) is 18.2. The number of nitrogens with one attached hydrogen (secondary N) is 1. The summed E-state index contributed by atoms with van der Waals surface area (Å²) in [6, 6.07) is 0. The highest BCUT2D eigenvalue weighted by molar-refractivity contribution is 5.91. The molecule has 11 heteroatoms. The van der Waals surface area contributed by atoms with Crippen LogP contribution in [0.4, 0.5) is 4.79 Å². The quantitative estimate of drug-likeness (QED) is 0.126. The molecule has 0 aliphatic rings. The second kappa shape index (κ2) is 10.1. The first-order chi connectivity index (χ1) is 10.6. The number of hydrogen-bond acceptors (Lipinski definition) is 10. The van der Waals surface area contributed by atoms with E-state index in [1.165, 1.54) is 6.92 Å². The maximum absolute atomic E-state index is 11.5. The predicted molar refractivity (Wildman–Crippen MR) is 72.5 cm³/mol. The lowest BCUT2D eigenvalue weighted by Crippen LogP contribution is -2.51. The van der Waals surface area contributed by atoms with Crippen molar-refractivity contribution < 1.29 is 49.7 Å². The van der Waals surface area contributed by atoms with Crippen LogP contribution in [0.15, 0.2) is 12.3 Å². The Morgan fingerprint density at radius 1 is 1.09 bits per heavy atom. The summed E-state index contributed by atoms with van der Waals surface area (Å²) in [6.45, 7) is 3.79. The highest BCUT2D eigenvalue weighted by Gasteiger charge is 2.36. The van der Waals surface area contributed by atoms with E-state index in [-0.39, 0.29) is 6.61 Å². The lowest BCUT2D eigenvalue weighted by atomic mass is 10.0. The van der Waals surface area contributed by atoms with Crippen LogP contribution in [0.2, 0.25) is 0 Å². The van der Waals surface area contributed by atoms with E-state index in [1.807, 2.05) is 5.32 Å². The van der Waals surface area contributed by atoms with Crippen molar-refractivity contribution in [1.29, 1.82) is 0 Å². The number of carbonyl (C=O) groups is 2. The minimum Gasteiger partial charge on any atom is -0.450 e. The lowest BCUT2D eigenvalue weighted by molar-refractivity contribution is -0.211. The van der Waals surface area contributed by atoms with E-state index >= 15 is 0 Å². The van der Waals surface area contributed by atoms with Crippen LogP contribution >= 0.6 is 0 Å². The van der Waals surface area contributed by atoms with E-state index in [0.717, 1.165) is 0 Å². The topological polar surface area (TPSA) is 186 Å². The van der Waals surface area contributed by atoms with Crippen molar-refractivity contribution in [2.75, 3.05) is 13.2 Å². The standard InChI is InChI=1S/C12H21NO10/c1-3-22-12(21)13-5(2)10(19)23-11(20)9(18)8(17)7(16)6(15)4-14/h6-9,11,14-18,20H,2-4H2,1H3,(H,13,21)/t6-,7-,8+,9-,11?/m1/s1. The average Bonchev–Trinajstić information content (AvgIpc) is 2.51. The molecule has 7 N–H and O–H groups in total. The molecule has 0 radical (unpaired) electrons. The fraction of sp³-hybridized carbons (Fsp3) is 0.667. The van der Waals surface area contributed by atoms with Crippen LogP contribution in [0.1, 0.15) is 6.92 Å². The van der Waals surface area contributed by atoms with E-state index in [9.17, 15) is 30.0 Å². The summed E-state index contributed by atoms with van der Waals surface area (Å²) in [5.74, 6) is -1.34. The van der Waals surface area contributed by atoms with Crippen LogP contribution in [0.3, 0.4) is 0 Å². The van der Waals surface area contributed by atoms with Gasteiger partial charge in [0.05, 0.1) is 13.2 Å². The van der Waals surface area contributed by atoms with E-state index in [0.29, 0.717) is 0 Å². The van der Waals surface area contributed by atoms with Crippen molar-refractivity contribution in [3.8, 4) is 0 Å². The maximum atomic E-state index is 11.5. The predicted octanol–water partition coefficient (Wildman–Crippen LogP) is -3.46. The molecule has 134 valence electrons. The third-order valence-electron chi connectivity index (χ3n) is 2.58. The first kappa shape index (κ1) is 21.2. The van der Waals surface area contributed by atoms with Crippen molar-refractivity contribution in [2.45, 2.75) is 37.6 Å². The molecule has 0 aromatic rings. The molecule has 0 aromatic heterocycles. The normalized spacial score (nSPS) is 17.3. The number of alkyl carbamates (subject to hydrolysis) is 1. The molecule has 1 unspecified atom stereocenters. The monoisotopic (exact) mass is 339 g/mol. The fourth-order valence-electron chi connectivity index (χ4n) is 1.30. The number of aliphatic hydroxyl groups is 6. The van der Waals surface area contributed by atoms with Gasteiger partial charge in [-0.2, -0.15) is 0 Å². The smallest absolute Gasteiger partial charge is 0.411 e. The summed E-state index contributed by atoms with van der Waals surface area (Å²) in [4.78, 5) is 22.5. The second-order valence-corrected chi connectivity index (χ2v) is 4.34. The Bertz CT molecular complexity index is 415. The minimum atomic E-state index is -2.31. The molecule has 0 saturated heterocycles. The van der Waals surface area contributed by atoms with Gasteiger partial charge in [-0.3, -0.25) is 5.32 Å². The van der Waals surface area contributed by atoms with Crippen molar-refractivity contribution in [3.05, 3.63) is 12.3 Å². The summed E-state index contributed by atoms with van der Waals surface area (Å²) >= 11 is 0.